The molecule has 0 N–H and O–H groups in total. The number of anilines is 1. The Labute approximate surface area is 179 Å². The lowest BCUT2D eigenvalue weighted by molar-refractivity contribution is -0.384. The van der Waals surface area contributed by atoms with Crippen LogP contribution in [0.4, 0.5) is 11.4 Å². The summed E-state index contributed by atoms with van der Waals surface area (Å²) in [6.07, 6.45) is 0. The third kappa shape index (κ3) is 3.81. The van der Waals surface area contributed by atoms with Gasteiger partial charge in [-0.2, -0.15) is 0 Å². The molecular formula is C24H19N3O4. The number of benzene rings is 3. The van der Waals surface area contributed by atoms with Gasteiger partial charge in [-0.05, 0) is 35.4 Å². The average molecular weight is 413 g/mol. The number of likely N-dealkylation sites (N-methyl/N-ethyl adjacent to an activating group) is 1. The molecule has 0 radical (unpaired) electrons. The Morgan fingerprint density at radius 1 is 0.839 bits per heavy atom. The molecule has 0 aliphatic carbocycles. The molecule has 0 saturated carbocycles. The predicted molar refractivity (Wildman–Crippen MR) is 117 cm³/mol. The molecule has 154 valence electrons. The summed E-state index contributed by atoms with van der Waals surface area (Å²) in [5, 5.41) is 11.0. The molecule has 3 aromatic carbocycles. The van der Waals surface area contributed by atoms with Crippen LogP contribution in [0.15, 0.2) is 90.6 Å². The van der Waals surface area contributed by atoms with Gasteiger partial charge in [0.05, 0.1) is 17.0 Å². The maximum Gasteiger partial charge on any atom is 0.278 e. The zero-order chi connectivity index (χ0) is 22.0. The van der Waals surface area contributed by atoms with E-state index in [1.807, 2.05) is 60.7 Å². The fourth-order valence-corrected chi connectivity index (χ4v) is 3.57. The van der Waals surface area contributed by atoms with Crippen LogP contribution in [0.1, 0.15) is 11.1 Å². The fraction of sp³-hybridized carbons (Fsp3) is 0.0833. The van der Waals surface area contributed by atoms with E-state index in [-0.39, 0.29) is 23.5 Å². The van der Waals surface area contributed by atoms with Crippen LogP contribution in [0.25, 0.3) is 5.57 Å². The summed E-state index contributed by atoms with van der Waals surface area (Å²) in [7, 11) is 1.73. The number of carbonyl (C=O) groups excluding carboxylic acids is 2. The SMILES string of the molecule is CN(C1=C(c2ccc([N+](=O)[O-])cc2)C(=O)N(Cc2ccccc2)C1=O)c1ccccc1. The van der Waals surface area contributed by atoms with Gasteiger partial charge in [0.15, 0.2) is 0 Å². The van der Waals surface area contributed by atoms with E-state index in [2.05, 4.69) is 0 Å². The number of rotatable bonds is 6. The molecule has 0 fully saturated rings. The van der Waals surface area contributed by atoms with E-state index in [4.69, 9.17) is 0 Å². The summed E-state index contributed by atoms with van der Waals surface area (Å²) in [6.45, 7) is 0.140. The summed E-state index contributed by atoms with van der Waals surface area (Å²) in [5.74, 6) is -0.839. The van der Waals surface area contributed by atoms with Gasteiger partial charge in [-0.25, -0.2) is 0 Å². The van der Waals surface area contributed by atoms with Crippen molar-refractivity contribution in [3.63, 3.8) is 0 Å². The van der Waals surface area contributed by atoms with E-state index in [1.54, 1.807) is 11.9 Å². The number of hydrogen-bond donors (Lipinski definition) is 0. The minimum atomic E-state index is -0.501. The van der Waals surface area contributed by atoms with Crippen LogP contribution in [-0.2, 0) is 16.1 Å². The number of nitro groups is 1. The highest BCUT2D eigenvalue weighted by molar-refractivity contribution is 6.36. The van der Waals surface area contributed by atoms with Gasteiger partial charge in [-0.15, -0.1) is 0 Å². The van der Waals surface area contributed by atoms with Gasteiger partial charge in [-0.3, -0.25) is 24.6 Å². The number of nitrogens with zero attached hydrogens (tertiary/aromatic N) is 3. The molecule has 1 aliphatic rings. The minimum Gasteiger partial charge on any atom is -0.339 e. The highest BCUT2D eigenvalue weighted by Gasteiger charge is 2.41. The van der Waals surface area contributed by atoms with Crippen molar-refractivity contribution in [1.29, 1.82) is 0 Å². The molecule has 1 heterocycles. The van der Waals surface area contributed by atoms with Crippen molar-refractivity contribution in [3.8, 4) is 0 Å². The van der Waals surface area contributed by atoms with Crippen molar-refractivity contribution >= 4 is 28.8 Å². The number of imide groups is 1. The molecule has 4 rings (SSSR count). The molecule has 7 nitrogen and oxygen atoms in total. The lowest BCUT2D eigenvalue weighted by atomic mass is 10.0. The number of non-ortho nitro benzene ring substituents is 1. The molecule has 31 heavy (non-hydrogen) atoms. The van der Waals surface area contributed by atoms with Gasteiger partial charge in [0, 0.05) is 24.9 Å². The zero-order valence-corrected chi connectivity index (χ0v) is 16.8. The Bertz CT molecular complexity index is 1170. The van der Waals surface area contributed by atoms with Gasteiger partial charge in [-0.1, -0.05) is 48.5 Å². The molecule has 0 bridgehead atoms. The van der Waals surface area contributed by atoms with E-state index in [1.165, 1.54) is 29.2 Å². The molecule has 2 amide bonds. The quantitative estimate of drug-likeness (QED) is 0.346. The zero-order valence-electron chi connectivity index (χ0n) is 16.8. The second kappa shape index (κ2) is 8.23. The van der Waals surface area contributed by atoms with Gasteiger partial charge in [0.25, 0.3) is 17.5 Å². The molecule has 7 heteroatoms. The van der Waals surface area contributed by atoms with Crippen LogP contribution in [0.2, 0.25) is 0 Å². The van der Waals surface area contributed by atoms with Gasteiger partial charge in [0.1, 0.15) is 5.70 Å². The lowest BCUT2D eigenvalue weighted by Gasteiger charge is -2.21. The van der Waals surface area contributed by atoms with Crippen molar-refractivity contribution in [2.45, 2.75) is 6.54 Å². The van der Waals surface area contributed by atoms with Crippen molar-refractivity contribution in [1.82, 2.24) is 4.90 Å². The first-order chi connectivity index (χ1) is 15.0. The standard InChI is InChI=1S/C24H19N3O4/c1-25(19-10-6-3-7-11-19)22-21(18-12-14-20(15-13-18)27(30)31)23(28)26(24(22)29)16-17-8-4-2-5-9-17/h2-15H,16H2,1H3. The second-order valence-corrected chi connectivity index (χ2v) is 7.10. The molecule has 0 saturated heterocycles. The minimum absolute atomic E-state index is 0.0831. The first kappa shape index (κ1) is 20.0. The molecule has 0 unspecified atom stereocenters. The first-order valence-electron chi connectivity index (χ1n) is 9.65. The smallest absolute Gasteiger partial charge is 0.278 e. The van der Waals surface area contributed by atoms with Crippen molar-refractivity contribution in [2.24, 2.45) is 0 Å². The summed E-state index contributed by atoms with van der Waals surface area (Å²) in [6, 6.07) is 24.2. The Morgan fingerprint density at radius 2 is 1.42 bits per heavy atom. The summed E-state index contributed by atoms with van der Waals surface area (Å²) in [4.78, 5) is 40.2. The van der Waals surface area contributed by atoms with Crippen molar-refractivity contribution in [3.05, 3.63) is 112 Å². The molecular weight excluding hydrogens is 394 g/mol. The summed E-state index contributed by atoms with van der Waals surface area (Å²) >= 11 is 0. The Balaban J connectivity index is 1.79. The first-order valence-corrected chi connectivity index (χ1v) is 9.65. The largest absolute Gasteiger partial charge is 0.339 e. The van der Waals surface area contributed by atoms with E-state index >= 15 is 0 Å². The highest BCUT2D eigenvalue weighted by atomic mass is 16.6. The van der Waals surface area contributed by atoms with Gasteiger partial charge < -0.3 is 4.90 Å². The predicted octanol–water partition coefficient (Wildman–Crippen LogP) is 4.01. The van der Waals surface area contributed by atoms with E-state index in [9.17, 15) is 19.7 Å². The third-order valence-corrected chi connectivity index (χ3v) is 5.17. The number of nitro benzene ring substituents is 1. The third-order valence-electron chi connectivity index (χ3n) is 5.17. The average Bonchev–Trinajstić information content (AvgIpc) is 3.04. The molecule has 0 atom stereocenters. The summed E-state index contributed by atoms with van der Waals surface area (Å²) < 4.78 is 0. The number of para-hydroxylation sites is 1. The van der Waals surface area contributed by atoms with Crippen LogP contribution in [-0.4, -0.2) is 28.7 Å². The lowest BCUT2D eigenvalue weighted by Crippen LogP contribution is -2.33. The monoisotopic (exact) mass is 413 g/mol. The van der Waals surface area contributed by atoms with Crippen LogP contribution >= 0.6 is 0 Å². The van der Waals surface area contributed by atoms with Crippen LogP contribution in [0.5, 0.6) is 0 Å². The normalized spacial score (nSPS) is 13.6. The Kier molecular flexibility index (Phi) is 5.32. The topological polar surface area (TPSA) is 83.8 Å². The number of amides is 2. The molecule has 1 aliphatic heterocycles. The van der Waals surface area contributed by atoms with Crippen molar-refractivity contribution in [2.75, 3.05) is 11.9 Å². The van der Waals surface area contributed by atoms with Crippen LogP contribution in [0.3, 0.4) is 0 Å². The van der Waals surface area contributed by atoms with Gasteiger partial charge >= 0.3 is 0 Å². The fourth-order valence-electron chi connectivity index (χ4n) is 3.57. The molecule has 0 aromatic heterocycles. The maximum atomic E-state index is 13.4. The second-order valence-electron chi connectivity index (χ2n) is 7.10. The van der Waals surface area contributed by atoms with Crippen molar-refractivity contribution < 1.29 is 14.5 Å². The highest BCUT2D eigenvalue weighted by Crippen LogP contribution is 2.34. The van der Waals surface area contributed by atoms with Crippen LogP contribution < -0.4 is 4.90 Å². The van der Waals surface area contributed by atoms with Gasteiger partial charge in [0.2, 0.25) is 0 Å². The van der Waals surface area contributed by atoms with Crippen LogP contribution in [0, 0.1) is 10.1 Å². The Hall–Kier alpha value is -4.26. The number of hydrogen-bond acceptors (Lipinski definition) is 5. The van der Waals surface area contributed by atoms with E-state index in [0.717, 1.165) is 11.3 Å². The van der Waals surface area contributed by atoms with E-state index < -0.39 is 16.7 Å². The Morgan fingerprint density at radius 3 is 2.00 bits per heavy atom. The molecule has 0 spiro atoms. The summed E-state index contributed by atoms with van der Waals surface area (Å²) in [5.41, 5.74) is 2.41. The van der Waals surface area contributed by atoms with E-state index in [0.29, 0.717) is 5.56 Å². The molecule has 3 aromatic rings. The number of carbonyl (C=O) groups is 2. The maximum absolute atomic E-state index is 13.4.